The van der Waals surface area contributed by atoms with E-state index in [9.17, 15) is 0 Å². The third-order valence-corrected chi connectivity index (χ3v) is 3.97. The van der Waals surface area contributed by atoms with E-state index in [1.165, 1.54) is 11.1 Å². The zero-order valence-corrected chi connectivity index (χ0v) is 14.3. The number of rotatable bonds is 5. The summed E-state index contributed by atoms with van der Waals surface area (Å²) in [5.41, 5.74) is 3.61. The predicted molar refractivity (Wildman–Crippen MR) is 99.4 cm³/mol. The van der Waals surface area contributed by atoms with Crippen LogP contribution >= 0.6 is 12.2 Å². The van der Waals surface area contributed by atoms with Crippen LogP contribution in [-0.2, 0) is 0 Å². The average Bonchev–Trinajstić information content (AvgIpc) is 2.54. The zero-order valence-electron chi connectivity index (χ0n) is 13.5. The van der Waals surface area contributed by atoms with Crippen molar-refractivity contribution in [2.45, 2.75) is 39.2 Å². The normalized spacial score (nSPS) is 12.0. The molecule has 0 aromatic heterocycles. The lowest BCUT2D eigenvalue weighted by atomic mass is 10.0. The smallest absolute Gasteiger partial charge is 0.171 e. The van der Waals surface area contributed by atoms with E-state index in [0.717, 1.165) is 12.1 Å². The molecular weight excluding hydrogens is 288 g/mol. The molecule has 3 heteroatoms. The highest BCUT2D eigenvalue weighted by atomic mass is 32.1. The maximum Gasteiger partial charge on any atom is 0.171 e. The lowest BCUT2D eigenvalue weighted by Gasteiger charge is -2.20. The number of nitrogens with one attached hydrogen (secondary N) is 2. The summed E-state index contributed by atoms with van der Waals surface area (Å²) in [6.07, 6.45) is 0.984. The Morgan fingerprint density at radius 3 is 2.14 bits per heavy atom. The Balaban J connectivity index is 1.97. The van der Waals surface area contributed by atoms with Crippen molar-refractivity contribution in [2.24, 2.45) is 0 Å². The molecule has 0 radical (unpaired) electrons. The van der Waals surface area contributed by atoms with Gasteiger partial charge in [-0.2, -0.15) is 0 Å². The van der Waals surface area contributed by atoms with E-state index >= 15 is 0 Å². The average molecular weight is 312 g/mol. The van der Waals surface area contributed by atoms with Gasteiger partial charge in [0.15, 0.2) is 5.11 Å². The van der Waals surface area contributed by atoms with Crippen LogP contribution in [0, 0.1) is 0 Å². The molecule has 0 aliphatic heterocycles. The predicted octanol–water partition coefficient (Wildman–Crippen LogP) is 5.25. The first-order chi connectivity index (χ1) is 10.6. The van der Waals surface area contributed by atoms with E-state index < -0.39 is 0 Å². The van der Waals surface area contributed by atoms with E-state index in [1.807, 2.05) is 6.07 Å². The first-order valence-corrected chi connectivity index (χ1v) is 8.23. The Bertz CT molecular complexity index is 591. The van der Waals surface area contributed by atoms with Gasteiger partial charge in [0.2, 0.25) is 0 Å². The molecule has 0 fully saturated rings. The van der Waals surface area contributed by atoms with Gasteiger partial charge in [0, 0.05) is 5.69 Å². The first kappa shape index (κ1) is 16.5. The van der Waals surface area contributed by atoms with E-state index in [2.05, 4.69) is 79.9 Å². The minimum atomic E-state index is 0.233. The van der Waals surface area contributed by atoms with Gasteiger partial charge in [-0.05, 0) is 47.8 Å². The molecule has 0 spiro atoms. The van der Waals surface area contributed by atoms with Gasteiger partial charge >= 0.3 is 0 Å². The molecule has 116 valence electrons. The van der Waals surface area contributed by atoms with Crippen molar-refractivity contribution in [3.63, 3.8) is 0 Å². The molecule has 2 N–H and O–H groups in total. The monoisotopic (exact) mass is 312 g/mol. The second-order valence-corrected chi connectivity index (χ2v) is 6.15. The van der Waals surface area contributed by atoms with Crippen molar-refractivity contribution in [1.82, 2.24) is 5.32 Å². The minimum Gasteiger partial charge on any atom is -0.356 e. The number of anilines is 1. The van der Waals surface area contributed by atoms with Crippen LogP contribution in [0.25, 0.3) is 0 Å². The van der Waals surface area contributed by atoms with E-state index in [4.69, 9.17) is 12.2 Å². The van der Waals surface area contributed by atoms with E-state index in [0.29, 0.717) is 11.0 Å². The van der Waals surface area contributed by atoms with Crippen LogP contribution in [0.2, 0.25) is 0 Å². The summed E-state index contributed by atoms with van der Waals surface area (Å²) in [5, 5.41) is 7.31. The van der Waals surface area contributed by atoms with Crippen molar-refractivity contribution < 1.29 is 0 Å². The Morgan fingerprint density at radius 2 is 1.59 bits per heavy atom. The molecule has 2 rings (SSSR count). The van der Waals surface area contributed by atoms with Crippen LogP contribution in [0.3, 0.4) is 0 Å². The Hall–Kier alpha value is -1.87. The molecule has 2 nitrogen and oxygen atoms in total. The van der Waals surface area contributed by atoms with Crippen LogP contribution in [-0.4, -0.2) is 5.11 Å². The van der Waals surface area contributed by atoms with Gasteiger partial charge in [0.05, 0.1) is 6.04 Å². The fraction of sp³-hybridized carbons (Fsp3) is 0.316. The van der Waals surface area contributed by atoms with Crippen molar-refractivity contribution in [1.29, 1.82) is 0 Å². The summed E-state index contributed by atoms with van der Waals surface area (Å²) >= 11 is 5.44. The largest absolute Gasteiger partial charge is 0.356 e. The molecule has 0 bridgehead atoms. The van der Waals surface area contributed by atoms with Gasteiger partial charge in [0.1, 0.15) is 0 Å². The highest BCUT2D eigenvalue weighted by Gasteiger charge is 2.10. The van der Waals surface area contributed by atoms with Crippen molar-refractivity contribution in [3.05, 3.63) is 65.7 Å². The molecule has 0 heterocycles. The quantitative estimate of drug-likeness (QED) is 0.738. The molecule has 2 aromatic carbocycles. The number of hydrogen-bond acceptors (Lipinski definition) is 1. The van der Waals surface area contributed by atoms with Crippen LogP contribution in [0.1, 0.15) is 50.3 Å². The summed E-state index contributed by atoms with van der Waals surface area (Å²) in [6, 6.07) is 19.1. The number of benzene rings is 2. The molecule has 22 heavy (non-hydrogen) atoms. The van der Waals surface area contributed by atoms with Crippen molar-refractivity contribution in [2.75, 3.05) is 5.32 Å². The fourth-order valence-corrected chi connectivity index (χ4v) is 2.64. The zero-order chi connectivity index (χ0) is 15.9. The lowest BCUT2D eigenvalue weighted by Crippen LogP contribution is -2.32. The van der Waals surface area contributed by atoms with Crippen LogP contribution in [0.15, 0.2) is 54.6 Å². The summed E-state index contributed by atoms with van der Waals surface area (Å²) in [5.74, 6) is 0.543. The topological polar surface area (TPSA) is 24.1 Å². The van der Waals surface area contributed by atoms with Crippen LogP contribution in [0.5, 0.6) is 0 Å². The van der Waals surface area contributed by atoms with Crippen molar-refractivity contribution in [3.8, 4) is 0 Å². The second-order valence-electron chi connectivity index (χ2n) is 5.75. The minimum absolute atomic E-state index is 0.233. The molecule has 0 saturated heterocycles. The van der Waals surface area contributed by atoms with Crippen LogP contribution in [0.4, 0.5) is 5.69 Å². The Morgan fingerprint density at radius 1 is 0.955 bits per heavy atom. The first-order valence-electron chi connectivity index (χ1n) is 7.82. The molecule has 0 saturated carbocycles. The summed E-state index contributed by atoms with van der Waals surface area (Å²) < 4.78 is 0. The van der Waals surface area contributed by atoms with Gasteiger partial charge in [-0.3, -0.25) is 0 Å². The van der Waals surface area contributed by atoms with Gasteiger partial charge < -0.3 is 10.6 Å². The summed E-state index contributed by atoms with van der Waals surface area (Å²) in [6.45, 7) is 6.55. The van der Waals surface area contributed by atoms with Crippen LogP contribution < -0.4 is 10.6 Å². The highest BCUT2D eigenvalue weighted by Crippen LogP contribution is 2.18. The molecule has 0 aliphatic carbocycles. The summed E-state index contributed by atoms with van der Waals surface area (Å²) in [4.78, 5) is 0. The number of hydrogen-bond donors (Lipinski definition) is 2. The van der Waals surface area contributed by atoms with Crippen molar-refractivity contribution >= 4 is 23.0 Å². The molecule has 0 unspecified atom stereocenters. The molecule has 2 aromatic rings. The van der Waals surface area contributed by atoms with Gasteiger partial charge in [0.25, 0.3) is 0 Å². The van der Waals surface area contributed by atoms with Gasteiger partial charge in [-0.1, -0.05) is 63.2 Å². The van der Waals surface area contributed by atoms with E-state index in [1.54, 1.807) is 0 Å². The lowest BCUT2D eigenvalue weighted by molar-refractivity contribution is 0.629. The summed E-state index contributed by atoms with van der Waals surface area (Å²) in [7, 11) is 0. The highest BCUT2D eigenvalue weighted by molar-refractivity contribution is 7.80. The standard InChI is InChI=1S/C19H24N2S/c1-4-18(16-8-6-5-7-9-16)21-19(22)20-17-12-10-15(11-13-17)14(2)3/h5-14,18H,4H2,1-3H3,(H2,20,21,22)/t18-/m0/s1. The third-order valence-electron chi connectivity index (χ3n) is 3.75. The second kappa shape index (κ2) is 7.95. The SMILES string of the molecule is CC[C@H](NC(=S)Nc1ccc(C(C)C)cc1)c1ccccc1. The third kappa shape index (κ3) is 4.57. The van der Waals surface area contributed by atoms with E-state index in [-0.39, 0.29) is 6.04 Å². The Kier molecular flexibility index (Phi) is 5.96. The fourth-order valence-electron chi connectivity index (χ4n) is 2.38. The maximum atomic E-state index is 5.44. The number of thiocarbonyl (C=S) groups is 1. The Labute approximate surface area is 139 Å². The molecular formula is C19H24N2S. The maximum absolute atomic E-state index is 5.44. The van der Waals surface area contributed by atoms with Gasteiger partial charge in [-0.15, -0.1) is 0 Å². The van der Waals surface area contributed by atoms with Gasteiger partial charge in [-0.25, -0.2) is 0 Å². The molecule has 0 amide bonds. The molecule has 1 atom stereocenters. The molecule has 0 aliphatic rings.